The third-order valence-electron chi connectivity index (χ3n) is 4.22. The highest BCUT2D eigenvalue weighted by molar-refractivity contribution is 5.89. The number of benzene rings is 1. The van der Waals surface area contributed by atoms with Gasteiger partial charge in [0.2, 0.25) is 0 Å². The molecule has 0 radical (unpaired) electrons. The maximum absolute atomic E-state index is 13.4. The van der Waals surface area contributed by atoms with Gasteiger partial charge in [0.1, 0.15) is 0 Å². The number of ether oxygens (including phenoxy) is 1. The van der Waals surface area contributed by atoms with Gasteiger partial charge in [0.05, 0.1) is 29.5 Å². The number of rotatable bonds is 3. The fourth-order valence-electron chi connectivity index (χ4n) is 3.41. The molecule has 1 aromatic heterocycles. The molecule has 1 atom stereocenters. The standard InChI is InChI=1S/C16H18F3NO2/c1-2-20-14-10(4-3-5-12(14)16(17,18)19)11-7-9-22-13(6-8-21)15(11)20/h3-5,13,21H,2,6-9H2,1H3. The van der Waals surface area contributed by atoms with Crippen LogP contribution in [-0.4, -0.2) is 22.9 Å². The molecule has 120 valence electrons. The highest BCUT2D eigenvalue weighted by Crippen LogP contribution is 2.42. The van der Waals surface area contributed by atoms with Crippen molar-refractivity contribution in [2.45, 2.75) is 38.6 Å². The number of hydrogen-bond acceptors (Lipinski definition) is 2. The number of aliphatic hydroxyl groups is 1. The van der Waals surface area contributed by atoms with Crippen molar-refractivity contribution in [1.82, 2.24) is 4.57 Å². The van der Waals surface area contributed by atoms with Crippen LogP contribution in [-0.2, 0) is 23.9 Å². The van der Waals surface area contributed by atoms with Crippen LogP contribution in [0.3, 0.4) is 0 Å². The van der Waals surface area contributed by atoms with Crippen molar-refractivity contribution >= 4 is 10.9 Å². The van der Waals surface area contributed by atoms with Gasteiger partial charge in [-0.15, -0.1) is 0 Å². The molecule has 0 aliphatic carbocycles. The Kier molecular flexibility index (Phi) is 3.91. The number of aryl methyl sites for hydroxylation is 1. The largest absolute Gasteiger partial charge is 0.418 e. The molecule has 3 rings (SSSR count). The quantitative estimate of drug-likeness (QED) is 0.938. The van der Waals surface area contributed by atoms with Crippen molar-refractivity contribution < 1.29 is 23.0 Å². The average molecular weight is 313 g/mol. The Labute approximate surface area is 126 Å². The number of alkyl halides is 3. The van der Waals surface area contributed by atoms with E-state index in [0.29, 0.717) is 31.4 Å². The predicted octanol–water partition coefficient (Wildman–Crippen LogP) is 3.68. The first kappa shape index (κ1) is 15.4. The Balaban J connectivity index is 2.33. The molecule has 6 heteroatoms. The Morgan fingerprint density at radius 2 is 2.14 bits per heavy atom. The van der Waals surface area contributed by atoms with Crippen LogP contribution in [0.2, 0.25) is 0 Å². The Morgan fingerprint density at radius 1 is 1.36 bits per heavy atom. The Hall–Kier alpha value is -1.53. The minimum absolute atomic E-state index is 0.0541. The van der Waals surface area contributed by atoms with Crippen LogP contribution in [0.25, 0.3) is 10.9 Å². The van der Waals surface area contributed by atoms with E-state index in [9.17, 15) is 18.3 Å². The van der Waals surface area contributed by atoms with E-state index in [-0.39, 0.29) is 18.2 Å². The van der Waals surface area contributed by atoms with E-state index in [1.165, 1.54) is 6.07 Å². The summed E-state index contributed by atoms with van der Waals surface area (Å²) in [6.07, 6.45) is -3.74. The molecule has 1 aliphatic heterocycles. The van der Waals surface area contributed by atoms with Gasteiger partial charge in [-0.3, -0.25) is 0 Å². The van der Waals surface area contributed by atoms with E-state index < -0.39 is 11.7 Å². The minimum Gasteiger partial charge on any atom is -0.396 e. The number of fused-ring (bicyclic) bond motifs is 3. The molecule has 0 bridgehead atoms. The SMILES string of the molecule is CCn1c2c(c3cccc(C(F)(F)F)c31)CCOC2CCO. The van der Waals surface area contributed by atoms with Crippen molar-refractivity contribution in [2.75, 3.05) is 13.2 Å². The lowest BCUT2D eigenvalue weighted by molar-refractivity contribution is -0.136. The molecule has 3 nitrogen and oxygen atoms in total. The number of nitrogens with zero attached hydrogens (tertiary/aromatic N) is 1. The molecule has 1 aromatic carbocycles. The second kappa shape index (κ2) is 5.59. The van der Waals surface area contributed by atoms with Gasteiger partial charge >= 0.3 is 6.18 Å². The van der Waals surface area contributed by atoms with Gasteiger partial charge < -0.3 is 14.4 Å². The summed E-state index contributed by atoms with van der Waals surface area (Å²) < 4.78 is 47.5. The van der Waals surface area contributed by atoms with Gasteiger partial charge in [-0.25, -0.2) is 0 Å². The van der Waals surface area contributed by atoms with Gasteiger partial charge in [0.15, 0.2) is 0 Å². The fraction of sp³-hybridized carbons (Fsp3) is 0.500. The smallest absolute Gasteiger partial charge is 0.396 e. The summed E-state index contributed by atoms with van der Waals surface area (Å²) in [6.45, 7) is 2.68. The second-order valence-corrected chi connectivity index (χ2v) is 5.43. The zero-order valence-corrected chi connectivity index (χ0v) is 12.3. The van der Waals surface area contributed by atoms with E-state index in [1.807, 2.05) is 6.92 Å². The summed E-state index contributed by atoms with van der Waals surface area (Å²) in [4.78, 5) is 0. The van der Waals surface area contributed by atoms with Gasteiger partial charge in [0.25, 0.3) is 0 Å². The third-order valence-corrected chi connectivity index (χ3v) is 4.22. The van der Waals surface area contributed by atoms with Crippen LogP contribution in [0.5, 0.6) is 0 Å². The van der Waals surface area contributed by atoms with E-state index in [1.54, 1.807) is 10.6 Å². The van der Waals surface area contributed by atoms with Crippen LogP contribution in [0.1, 0.15) is 36.3 Å². The fourth-order valence-corrected chi connectivity index (χ4v) is 3.41. The first-order valence-corrected chi connectivity index (χ1v) is 7.42. The summed E-state index contributed by atoms with van der Waals surface area (Å²) in [5, 5.41) is 9.85. The molecule has 0 amide bonds. The zero-order valence-electron chi connectivity index (χ0n) is 12.3. The highest BCUT2D eigenvalue weighted by atomic mass is 19.4. The molecule has 0 saturated carbocycles. The number of aliphatic hydroxyl groups excluding tert-OH is 1. The molecule has 0 fully saturated rings. The number of para-hydroxylation sites is 1. The molecule has 1 unspecified atom stereocenters. The van der Waals surface area contributed by atoms with Crippen LogP contribution < -0.4 is 0 Å². The van der Waals surface area contributed by atoms with E-state index >= 15 is 0 Å². The van der Waals surface area contributed by atoms with Gasteiger partial charge in [-0.1, -0.05) is 12.1 Å². The zero-order chi connectivity index (χ0) is 15.9. The first-order chi connectivity index (χ1) is 10.5. The molecular weight excluding hydrogens is 295 g/mol. The Morgan fingerprint density at radius 3 is 2.77 bits per heavy atom. The van der Waals surface area contributed by atoms with Crippen LogP contribution in [0.15, 0.2) is 18.2 Å². The lowest BCUT2D eigenvalue weighted by Gasteiger charge is -2.25. The summed E-state index contributed by atoms with van der Waals surface area (Å²) in [5.74, 6) is 0. The number of hydrogen-bond donors (Lipinski definition) is 1. The number of aromatic nitrogens is 1. The van der Waals surface area contributed by atoms with E-state index in [4.69, 9.17) is 4.74 Å². The predicted molar refractivity (Wildman–Crippen MR) is 76.7 cm³/mol. The summed E-state index contributed by atoms with van der Waals surface area (Å²) in [6, 6.07) is 4.33. The van der Waals surface area contributed by atoms with Crippen LogP contribution in [0, 0.1) is 0 Å². The van der Waals surface area contributed by atoms with Gasteiger partial charge in [0, 0.05) is 25.0 Å². The summed E-state index contributed by atoms with van der Waals surface area (Å²) in [5.41, 5.74) is 1.34. The lowest BCUT2D eigenvalue weighted by Crippen LogP contribution is -2.20. The number of halogens is 3. The average Bonchev–Trinajstić information content (AvgIpc) is 2.81. The topological polar surface area (TPSA) is 34.4 Å². The van der Waals surface area contributed by atoms with Crippen molar-refractivity contribution in [3.8, 4) is 0 Å². The van der Waals surface area contributed by atoms with Crippen LogP contribution in [0.4, 0.5) is 13.2 Å². The van der Waals surface area contributed by atoms with Crippen molar-refractivity contribution in [3.63, 3.8) is 0 Å². The van der Waals surface area contributed by atoms with Crippen LogP contribution >= 0.6 is 0 Å². The van der Waals surface area contributed by atoms with Gasteiger partial charge in [-0.05, 0) is 25.0 Å². The minimum atomic E-state index is -4.39. The molecule has 1 N–H and O–H groups in total. The summed E-state index contributed by atoms with van der Waals surface area (Å²) in [7, 11) is 0. The second-order valence-electron chi connectivity index (χ2n) is 5.43. The van der Waals surface area contributed by atoms with Crippen molar-refractivity contribution in [2.24, 2.45) is 0 Å². The first-order valence-electron chi connectivity index (χ1n) is 7.42. The maximum atomic E-state index is 13.4. The monoisotopic (exact) mass is 313 g/mol. The molecule has 0 saturated heterocycles. The molecular formula is C16H18F3NO2. The Bertz CT molecular complexity index is 691. The molecule has 2 heterocycles. The molecule has 0 spiro atoms. The highest BCUT2D eigenvalue weighted by Gasteiger charge is 2.36. The van der Waals surface area contributed by atoms with E-state index in [2.05, 4.69) is 0 Å². The normalized spacial score (nSPS) is 18.7. The third kappa shape index (κ3) is 2.30. The van der Waals surface area contributed by atoms with E-state index in [0.717, 1.165) is 17.3 Å². The van der Waals surface area contributed by atoms with Crippen molar-refractivity contribution in [3.05, 3.63) is 35.0 Å². The molecule has 22 heavy (non-hydrogen) atoms. The van der Waals surface area contributed by atoms with Crippen molar-refractivity contribution in [1.29, 1.82) is 0 Å². The maximum Gasteiger partial charge on any atom is 0.418 e. The van der Waals surface area contributed by atoms with Gasteiger partial charge in [-0.2, -0.15) is 13.2 Å². The lowest BCUT2D eigenvalue weighted by atomic mass is 10.00. The molecule has 2 aromatic rings. The summed E-state index contributed by atoms with van der Waals surface area (Å²) >= 11 is 0. The molecule has 1 aliphatic rings.